The third-order valence-corrected chi connectivity index (χ3v) is 7.68. The molecule has 0 bridgehead atoms. The molecule has 0 radical (unpaired) electrons. The second-order valence-corrected chi connectivity index (χ2v) is 11.3. The van der Waals surface area contributed by atoms with E-state index in [0.717, 1.165) is 28.8 Å². The van der Waals surface area contributed by atoms with Gasteiger partial charge in [0.2, 0.25) is 11.8 Å². The highest BCUT2D eigenvalue weighted by atomic mass is 35.5. The van der Waals surface area contributed by atoms with Gasteiger partial charge in [-0.3, -0.25) is 9.58 Å². The van der Waals surface area contributed by atoms with Crippen molar-refractivity contribution < 1.29 is 13.2 Å². The largest absolute Gasteiger partial charge is 0.471 e. The molecule has 2 aromatic carbocycles. The van der Waals surface area contributed by atoms with Gasteiger partial charge in [0.1, 0.15) is 11.0 Å². The first-order valence-corrected chi connectivity index (χ1v) is 13.6. The number of likely N-dealkylation sites (tertiary alicyclic amines) is 1. The zero-order valence-corrected chi connectivity index (χ0v) is 22.3. The monoisotopic (exact) mass is 538 g/mol. The number of anilines is 1. The topological polar surface area (TPSA) is 102 Å². The van der Waals surface area contributed by atoms with Crippen LogP contribution in [-0.2, 0) is 23.6 Å². The first kappa shape index (κ1) is 25.2. The SMILES string of the molecule is Cc1cccc(C)c1-c1cc(OC2CN(Cc3cccc(Cl)c3)C2)nc(NS(=O)(=O)c2cnn(C)c2)n1. The molecule has 3 heterocycles. The molecule has 37 heavy (non-hydrogen) atoms. The minimum atomic E-state index is -3.93. The highest BCUT2D eigenvalue weighted by Crippen LogP contribution is 2.30. The van der Waals surface area contributed by atoms with Crippen LogP contribution in [0, 0.1) is 13.8 Å². The average Bonchev–Trinajstić information content (AvgIpc) is 3.25. The molecule has 1 N–H and O–H groups in total. The lowest BCUT2D eigenvalue weighted by molar-refractivity contribution is 0.0119. The lowest BCUT2D eigenvalue weighted by Crippen LogP contribution is -2.53. The van der Waals surface area contributed by atoms with Crippen LogP contribution in [0.15, 0.2) is 65.8 Å². The average molecular weight is 539 g/mol. The third kappa shape index (κ3) is 5.76. The minimum absolute atomic E-state index is 0.0224. The summed E-state index contributed by atoms with van der Waals surface area (Å²) in [7, 11) is -2.28. The predicted octanol–water partition coefficient (Wildman–Crippen LogP) is 4.21. The molecular weight excluding hydrogens is 512 g/mol. The predicted molar refractivity (Wildman–Crippen MR) is 142 cm³/mol. The normalized spacial score (nSPS) is 14.4. The molecule has 1 aliphatic rings. The van der Waals surface area contributed by atoms with Gasteiger partial charge in [0.25, 0.3) is 10.0 Å². The van der Waals surface area contributed by atoms with E-state index in [-0.39, 0.29) is 16.9 Å². The number of benzene rings is 2. The van der Waals surface area contributed by atoms with Crippen LogP contribution >= 0.6 is 11.6 Å². The highest BCUT2D eigenvalue weighted by molar-refractivity contribution is 7.92. The Morgan fingerprint density at radius 2 is 1.81 bits per heavy atom. The number of aryl methyl sites for hydroxylation is 3. The van der Waals surface area contributed by atoms with Crippen molar-refractivity contribution in [2.24, 2.45) is 7.05 Å². The number of hydrogen-bond donors (Lipinski definition) is 1. The number of halogens is 1. The first-order chi connectivity index (χ1) is 17.7. The van der Waals surface area contributed by atoms with Crippen molar-refractivity contribution in [3.63, 3.8) is 0 Å². The Labute approximate surface area is 221 Å². The van der Waals surface area contributed by atoms with Crippen molar-refractivity contribution in [2.75, 3.05) is 17.8 Å². The molecule has 2 aromatic heterocycles. The molecule has 0 spiro atoms. The molecule has 5 rings (SSSR count). The van der Waals surface area contributed by atoms with Crippen LogP contribution < -0.4 is 9.46 Å². The van der Waals surface area contributed by atoms with E-state index in [9.17, 15) is 8.42 Å². The Kier molecular flexibility index (Phi) is 6.89. The van der Waals surface area contributed by atoms with Crippen molar-refractivity contribution in [3.8, 4) is 17.1 Å². The van der Waals surface area contributed by atoms with Crippen LogP contribution in [0.2, 0.25) is 5.02 Å². The standard InChI is InChI=1S/C26H27ClN6O3S/c1-17-6-4-7-18(2)25(17)23-11-24(30-26(29-23)31-37(34,35)22-12-28-32(3)16-22)36-21-14-33(15-21)13-19-8-5-9-20(27)10-19/h4-12,16,21H,13-15H2,1-3H3,(H,29,30,31). The van der Waals surface area contributed by atoms with Gasteiger partial charge in [-0.1, -0.05) is 41.9 Å². The van der Waals surface area contributed by atoms with Gasteiger partial charge in [0.15, 0.2) is 0 Å². The van der Waals surface area contributed by atoms with E-state index in [1.54, 1.807) is 13.1 Å². The van der Waals surface area contributed by atoms with E-state index in [1.165, 1.54) is 17.1 Å². The van der Waals surface area contributed by atoms with Crippen LogP contribution in [0.3, 0.4) is 0 Å². The fourth-order valence-corrected chi connectivity index (χ4v) is 5.52. The van der Waals surface area contributed by atoms with Crippen LogP contribution in [-0.4, -0.2) is 52.3 Å². The molecule has 4 aromatic rings. The second-order valence-electron chi connectivity index (χ2n) is 9.20. The summed E-state index contributed by atoms with van der Waals surface area (Å²) in [5, 5.41) is 4.67. The summed E-state index contributed by atoms with van der Waals surface area (Å²) in [6, 6.07) is 15.5. The summed E-state index contributed by atoms with van der Waals surface area (Å²) in [5.41, 5.74) is 4.66. The lowest BCUT2D eigenvalue weighted by atomic mass is 10.00. The summed E-state index contributed by atoms with van der Waals surface area (Å²) >= 11 is 6.10. The molecular formula is C26H27ClN6O3S. The fraction of sp³-hybridized carbons (Fsp3) is 0.269. The maximum Gasteiger partial charge on any atom is 0.267 e. The van der Waals surface area contributed by atoms with Gasteiger partial charge in [0.05, 0.1) is 11.9 Å². The fourth-order valence-electron chi connectivity index (χ4n) is 4.38. The summed E-state index contributed by atoms with van der Waals surface area (Å²) in [5.74, 6) is 0.248. The van der Waals surface area contributed by atoms with Gasteiger partial charge >= 0.3 is 0 Å². The van der Waals surface area contributed by atoms with Crippen LogP contribution in [0.25, 0.3) is 11.3 Å². The number of hydrogen-bond acceptors (Lipinski definition) is 7. The number of nitrogens with zero attached hydrogens (tertiary/aromatic N) is 5. The molecule has 0 amide bonds. The van der Waals surface area contributed by atoms with Crippen molar-refractivity contribution >= 4 is 27.6 Å². The smallest absolute Gasteiger partial charge is 0.267 e. The lowest BCUT2D eigenvalue weighted by Gasteiger charge is -2.38. The van der Waals surface area contributed by atoms with Crippen molar-refractivity contribution in [2.45, 2.75) is 31.4 Å². The summed E-state index contributed by atoms with van der Waals surface area (Å²) < 4.78 is 36.0. The number of nitrogens with one attached hydrogen (secondary N) is 1. The van der Waals surface area contributed by atoms with Crippen molar-refractivity contribution in [1.29, 1.82) is 0 Å². The molecule has 1 saturated heterocycles. The first-order valence-electron chi connectivity index (χ1n) is 11.8. The maximum atomic E-state index is 12.9. The Morgan fingerprint density at radius 1 is 1.08 bits per heavy atom. The van der Waals surface area contributed by atoms with E-state index in [2.05, 4.69) is 24.7 Å². The number of ether oxygens (including phenoxy) is 1. The Hall–Kier alpha value is -3.47. The van der Waals surface area contributed by atoms with Gasteiger partial charge < -0.3 is 4.74 Å². The van der Waals surface area contributed by atoms with Crippen molar-refractivity contribution in [3.05, 3.63) is 82.6 Å². The van der Waals surface area contributed by atoms with E-state index in [0.29, 0.717) is 29.7 Å². The molecule has 1 fully saturated rings. The van der Waals surface area contributed by atoms with Gasteiger partial charge in [-0.15, -0.1) is 0 Å². The van der Waals surface area contributed by atoms with Crippen LogP contribution in [0.4, 0.5) is 5.95 Å². The number of aromatic nitrogens is 4. The zero-order valence-electron chi connectivity index (χ0n) is 20.7. The Bertz CT molecular complexity index is 1530. The molecule has 0 aliphatic carbocycles. The molecule has 0 unspecified atom stereocenters. The van der Waals surface area contributed by atoms with Gasteiger partial charge in [-0.2, -0.15) is 10.1 Å². The summed E-state index contributed by atoms with van der Waals surface area (Å²) in [6.07, 6.45) is 2.61. The van der Waals surface area contributed by atoms with Gasteiger partial charge in [0, 0.05) is 49.5 Å². The minimum Gasteiger partial charge on any atom is -0.471 e. The van der Waals surface area contributed by atoms with Gasteiger partial charge in [-0.25, -0.2) is 18.1 Å². The zero-order chi connectivity index (χ0) is 26.2. The summed E-state index contributed by atoms with van der Waals surface area (Å²) in [4.78, 5) is 11.2. The Morgan fingerprint density at radius 3 is 2.49 bits per heavy atom. The van der Waals surface area contributed by atoms with Gasteiger partial charge in [-0.05, 0) is 42.7 Å². The van der Waals surface area contributed by atoms with Crippen LogP contribution in [0.1, 0.15) is 16.7 Å². The van der Waals surface area contributed by atoms with E-state index in [1.807, 2.05) is 56.3 Å². The number of rotatable bonds is 8. The van der Waals surface area contributed by atoms with Crippen LogP contribution in [0.5, 0.6) is 5.88 Å². The molecule has 0 atom stereocenters. The molecule has 1 aliphatic heterocycles. The summed E-state index contributed by atoms with van der Waals surface area (Å²) in [6.45, 7) is 6.18. The molecule has 9 nitrogen and oxygen atoms in total. The quantitative estimate of drug-likeness (QED) is 0.358. The third-order valence-electron chi connectivity index (χ3n) is 6.16. The molecule has 11 heteroatoms. The molecule has 0 saturated carbocycles. The van der Waals surface area contributed by atoms with E-state index < -0.39 is 10.0 Å². The maximum absolute atomic E-state index is 12.9. The second kappa shape index (κ2) is 10.1. The van der Waals surface area contributed by atoms with Crippen molar-refractivity contribution in [1.82, 2.24) is 24.6 Å². The Balaban J connectivity index is 1.39. The number of sulfonamides is 1. The van der Waals surface area contributed by atoms with E-state index >= 15 is 0 Å². The van der Waals surface area contributed by atoms with E-state index in [4.69, 9.17) is 16.3 Å². The molecule has 192 valence electrons. The highest BCUT2D eigenvalue weighted by Gasteiger charge is 2.29.